The summed E-state index contributed by atoms with van der Waals surface area (Å²) in [7, 11) is 0. The standard InChI is InChI=1S/C13H22N2O2/c1-9-6-12(16)15(13(17)7-9)10(2)11-4-3-5-14-8-11/h9-11,14H,3-8H2,1-2H3. The molecule has 2 aliphatic rings. The van der Waals surface area contributed by atoms with Gasteiger partial charge >= 0.3 is 0 Å². The molecule has 4 nitrogen and oxygen atoms in total. The van der Waals surface area contributed by atoms with Crippen LogP contribution in [-0.2, 0) is 9.59 Å². The predicted octanol–water partition coefficient (Wildman–Crippen LogP) is 1.16. The minimum absolute atomic E-state index is 0.0202. The summed E-state index contributed by atoms with van der Waals surface area (Å²) in [5.74, 6) is 0.673. The van der Waals surface area contributed by atoms with Crippen LogP contribution in [0.3, 0.4) is 0 Å². The van der Waals surface area contributed by atoms with Crippen LogP contribution in [0.25, 0.3) is 0 Å². The molecule has 0 aromatic carbocycles. The lowest BCUT2D eigenvalue weighted by atomic mass is 9.88. The van der Waals surface area contributed by atoms with Crippen molar-refractivity contribution in [2.75, 3.05) is 13.1 Å². The Morgan fingerprint density at radius 2 is 1.94 bits per heavy atom. The largest absolute Gasteiger partial charge is 0.316 e. The molecular weight excluding hydrogens is 216 g/mol. The normalized spacial score (nSPS) is 29.5. The second-order valence-corrected chi connectivity index (χ2v) is 5.52. The zero-order valence-corrected chi connectivity index (χ0v) is 10.7. The van der Waals surface area contributed by atoms with E-state index in [2.05, 4.69) is 5.32 Å². The van der Waals surface area contributed by atoms with E-state index >= 15 is 0 Å². The van der Waals surface area contributed by atoms with Gasteiger partial charge in [-0.3, -0.25) is 14.5 Å². The van der Waals surface area contributed by atoms with Crippen molar-refractivity contribution in [2.24, 2.45) is 11.8 Å². The molecular formula is C13H22N2O2. The zero-order valence-electron chi connectivity index (χ0n) is 10.7. The number of carbonyl (C=O) groups excluding carboxylic acids is 2. The van der Waals surface area contributed by atoms with Crippen molar-refractivity contribution in [2.45, 2.75) is 45.6 Å². The highest BCUT2D eigenvalue weighted by Gasteiger charge is 2.36. The Bertz CT molecular complexity index is 293. The number of imide groups is 1. The highest BCUT2D eigenvalue weighted by atomic mass is 16.2. The molecule has 96 valence electrons. The van der Waals surface area contributed by atoms with Crippen LogP contribution in [0.2, 0.25) is 0 Å². The van der Waals surface area contributed by atoms with Crippen LogP contribution in [0.15, 0.2) is 0 Å². The number of amides is 2. The summed E-state index contributed by atoms with van der Waals surface area (Å²) in [5, 5.41) is 3.34. The molecule has 17 heavy (non-hydrogen) atoms. The molecule has 0 bridgehead atoms. The highest BCUT2D eigenvalue weighted by molar-refractivity contribution is 5.98. The molecule has 0 aliphatic carbocycles. The lowest BCUT2D eigenvalue weighted by molar-refractivity contribution is -0.153. The van der Waals surface area contributed by atoms with Gasteiger partial charge in [-0.25, -0.2) is 0 Å². The maximum Gasteiger partial charge on any atom is 0.229 e. The van der Waals surface area contributed by atoms with Gasteiger partial charge in [-0.1, -0.05) is 6.92 Å². The third-order valence-electron chi connectivity index (χ3n) is 4.01. The lowest BCUT2D eigenvalue weighted by Gasteiger charge is -2.38. The molecule has 0 aromatic rings. The number of nitrogens with zero attached hydrogens (tertiary/aromatic N) is 1. The summed E-state index contributed by atoms with van der Waals surface area (Å²) in [6, 6.07) is 0.0512. The Morgan fingerprint density at radius 3 is 2.47 bits per heavy atom. The maximum absolute atomic E-state index is 12.0. The van der Waals surface area contributed by atoms with Crippen LogP contribution in [0.1, 0.15) is 39.5 Å². The number of likely N-dealkylation sites (tertiary alicyclic amines) is 1. The van der Waals surface area contributed by atoms with Crippen LogP contribution in [0.5, 0.6) is 0 Å². The second kappa shape index (κ2) is 5.17. The SMILES string of the molecule is CC1CC(=O)N(C(C)C2CCCNC2)C(=O)C1. The second-order valence-electron chi connectivity index (χ2n) is 5.52. The first kappa shape index (κ1) is 12.6. The van der Waals surface area contributed by atoms with Gasteiger partial charge in [0.25, 0.3) is 0 Å². The van der Waals surface area contributed by atoms with Gasteiger partial charge < -0.3 is 5.32 Å². The van der Waals surface area contributed by atoms with E-state index in [1.165, 1.54) is 4.90 Å². The molecule has 2 fully saturated rings. The Kier molecular flexibility index (Phi) is 3.82. The fourth-order valence-corrected chi connectivity index (χ4v) is 2.96. The van der Waals surface area contributed by atoms with E-state index in [0.29, 0.717) is 18.8 Å². The van der Waals surface area contributed by atoms with Crippen molar-refractivity contribution in [1.82, 2.24) is 10.2 Å². The molecule has 2 unspecified atom stereocenters. The Hall–Kier alpha value is -0.900. The molecule has 4 heteroatoms. The molecule has 2 atom stereocenters. The maximum atomic E-state index is 12.0. The van der Waals surface area contributed by atoms with Crippen molar-refractivity contribution < 1.29 is 9.59 Å². The number of hydrogen-bond acceptors (Lipinski definition) is 3. The number of rotatable bonds is 2. The fraction of sp³-hybridized carbons (Fsp3) is 0.846. The van der Waals surface area contributed by atoms with E-state index in [-0.39, 0.29) is 23.8 Å². The van der Waals surface area contributed by atoms with E-state index in [0.717, 1.165) is 25.9 Å². The minimum atomic E-state index is 0.0202. The first-order valence-corrected chi connectivity index (χ1v) is 6.65. The van der Waals surface area contributed by atoms with E-state index in [9.17, 15) is 9.59 Å². The Balaban J connectivity index is 2.04. The Morgan fingerprint density at radius 1 is 1.29 bits per heavy atom. The first-order chi connectivity index (χ1) is 8.09. The molecule has 2 aliphatic heterocycles. The van der Waals surface area contributed by atoms with Gasteiger partial charge in [0.15, 0.2) is 0 Å². The quantitative estimate of drug-likeness (QED) is 0.734. The average Bonchev–Trinajstić information content (AvgIpc) is 2.28. The van der Waals surface area contributed by atoms with Crippen molar-refractivity contribution in [3.8, 4) is 0 Å². The summed E-state index contributed by atoms with van der Waals surface area (Å²) in [4.78, 5) is 25.5. The van der Waals surface area contributed by atoms with Crippen molar-refractivity contribution in [3.05, 3.63) is 0 Å². The summed E-state index contributed by atoms with van der Waals surface area (Å²) < 4.78 is 0. The highest BCUT2D eigenvalue weighted by Crippen LogP contribution is 2.26. The van der Waals surface area contributed by atoms with Gasteiger partial charge in [0.05, 0.1) is 0 Å². The molecule has 0 spiro atoms. The predicted molar refractivity (Wildman–Crippen MR) is 65.3 cm³/mol. The third kappa shape index (κ3) is 2.68. The average molecular weight is 238 g/mol. The molecule has 2 rings (SSSR count). The van der Waals surface area contributed by atoms with E-state index in [1.54, 1.807) is 0 Å². The van der Waals surface area contributed by atoms with Crippen LogP contribution in [0, 0.1) is 11.8 Å². The molecule has 0 aromatic heterocycles. The molecule has 1 N–H and O–H groups in total. The summed E-state index contributed by atoms with van der Waals surface area (Å²) in [6.45, 7) is 5.97. The van der Waals surface area contributed by atoms with Gasteiger partial charge in [-0.2, -0.15) is 0 Å². The monoisotopic (exact) mass is 238 g/mol. The Labute approximate surface area is 103 Å². The van der Waals surface area contributed by atoms with Gasteiger partial charge in [-0.05, 0) is 44.7 Å². The molecule has 2 heterocycles. The van der Waals surface area contributed by atoms with Crippen LogP contribution in [0.4, 0.5) is 0 Å². The number of nitrogens with one attached hydrogen (secondary N) is 1. The van der Waals surface area contributed by atoms with Gasteiger partial charge in [0.1, 0.15) is 0 Å². The molecule has 2 saturated heterocycles. The van der Waals surface area contributed by atoms with Crippen molar-refractivity contribution >= 4 is 11.8 Å². The summed E-state index contributed by atoms with van der Waals surface area (Å²) >= 11 is 0. The molecule has 0 saturated carbocycles. The van der Waals surface area contributed by atoms with E-state index < -0.39 is 0 Å². The van der Waals surface area contributed by atoms with Gasteiger partial charge in [0.2, 0.25) is 11.8 Å². The first-order valence-electron chi connectivity index (χ1n) is 6.65. The minimum Gasteiger partial charge on any atom is -0.316 e. The van der Waals surface area contributed by atoms with Gasteiger partial charge in [-0.15, -0.1) is 0 Å². The molecule has 0 radical (unpaired) electrons. The number of piperidine rings is 2. The topological polar surface area (TPSA) is 49.4 Å². The van der Waals surface area contributed by atoms with Gasteiger partial charge in [0, 0.05) is 18.9 Å². The summed E-state index contributed by atoms with van der Waals surface area (Å²) in [6.07, 6.45) is 3.30. The fourth-order valence-electron chi connectivity index (χ4n) is 2.96. The van der Waals surface area contributed by atoms with E-state index in [4.69, 9.17) is 0 Å². The number of hydrogen-bond donors (Lipinski definition) is 1. The van der Waals surface area contributed by atoms with Crippen LogP contribution < -0.4 is 5.32 Å². The zero-order chi connectivity index (χ0) is 12.4. The lowest BCUT2D eigenvalue weighted by Crippen LogP contribution is -2.52. The third-order valence-corrected chi connectivity index (χ3v) is 4.01. The smallest absolute Gasteiger partial charge is 0.229 e. The molecule has 2 amide bonds. The number of carbonyl (C=O) groups is 2. The summed E-state index contributed by atoms with van der Waals surface area (Å²) in [5.41, 5.74) is 0. The van der Waals surface area contributed by atoms with Crippen molar-refractivity contribution in [3.63, 3.8) is 0 Å². The van der Waals surface area contributed by atoms with Crippen LogP contribution in [-0.4, -0.2) is 35.8 Å². The van der Waals surface area contributed by atoms with Crippen molar-refractivity contribution in [1.29, 1.82) is 0 Å². The van der Waals surface area contributed by atoms with E-state index in [1.807, 2.05) is 13.8 Å². The van der Waals surface area contributed by atoms with Crippen LogP contribution >= 0.6 is 0 Å².